The van der Waals surface area contributed by atoms with Gasteiger partial charge in [0.25, 0.3) is 0 Å². The number of rotatable bonds is 6. The van der Waals surface area contributed by atoms with Crippen molar-refractivity contribution in [3.05, 3.63) is 48.5 Å². The Hall–Kier alpha value is -2.25. The van der Waals surface area contributed by atoms with Gasteiger partial charge in [-0.3, -0.25) is 4.90 Å². The Bertz CT molecular complexity index is 812. The van der Waals surface area contributed by atoms with Crippen molar-refractivity contribution in [2.75, 3.05) is 50.5 Å². The summed E-state index contributed by atoms with van der Waals surface area (Å²) in [5.74, 6) is 0.967. The lowest BCUT2D eigenvalue weighted by Gasteiger charge is -2.36. The van der Waals surface area contributed by atoms with Crippen molar-refractivity contribution in [2.24, 2.45) is 0 Å². The van der Waals surface area contributed by atoms with Crippen LogP contribution in [-0.2, 0) is 9.84 Å². The highest BCUT2D eigenvalue weighted by Gasteiger charge is 2.17. The van der Waals surface area contributed by atoms with Gasteiger partial charge in [0.15, 0.2) is 9.84 Å². The first-order valence-electron chi connectivity index (χ1n) is 8.61. The number of phenols is 1. The third-order valence-electron chi connectivity index (χ3n) is 4.52. The molecule has 26 heavy (non-hydrogen) atoms. The van der Waals surface area contributed by atoms with Crippen molar-refractivity contribution in [2.45, 2.75) is 4.90 Å². The Morgan fingerprint density at radius 2 is 1.58 bits per heavy atom. The van der Waals surface area contributed by atoms with E-state index in [-0.39, 0.29) is 5.75 Å². The van der Waals surface area contributed by atoms with Gasteiger partial charge in [-0.25, -0.2) is 8.42 Å². The molecule has 2 aromatic rings. The van der Waals surface area contributed by atoms with Crippen LogP contribution in [0.2, 0.25) is 0 Å². The molecule has 1 N–H and O–H groups in total. The SMILES string of the molecule is CS(=O)(=O)c1ccc(OCCN2CCN(c3ccc(O)cc3)CC2)cc1. The van der Waals surface area contributed by atoms with Gasteiger partial charge in [0.1, 0.15) is 18.1 Å². The molecule has 7 heteroatoms. The van der Waals surface area contributed by atoms with Crippen molar-refractivity contribution < 1.29 is 18.3 Å². The summed E-state index contributed by atoms with van der Waals surface area (Å²) >= 11 is 0. The molecule has 6 nitrogen and oxygen atoms in total. The molecule has 2 aromatic carbocycles. The van der Waals surface area contributed by atoms with Gasteiger partial charge in [-0.15, -0.1) is 0 Å². The number of phenolic OH excluding ortho intramolecular Hbond substituents is 1. The second-order valence-corrected chi connectivity index (χ2v) is 8.45. The largest absolute Gasteiger partial charge is 0.508 e. The van der Waals surface area contributed by atoms with Crippen LogP contribution in [-0.4, -0.2) is 64.0 Å². The van der Waals surface area contributed by atoms with Gasteiger partial charge in [0.2, 0.25) is 0 Å². The number of anilines is 1. The average molecular weight is 376 g/mol. The number of piperazine rings is 1. The van der Waals surface area contributed by atoms with E-state index in [1.807, 2.05) is 12.1 Å². The lowest BCUT2D eigenvalue weighted by Crippen LogP contribution is -2.47. The highest BCUT2D eigenvalue weighted by Crippen LogP contribution is 2.20. The predicted molar refractivity (Wildman–Crippen MR) is 102 cm³/mol. The van der Waals surface area contributed by atoms with Crippen LogP contribution in [0.3, 0.4) is 0 Å². The third-order valence-corrected chi connectivity index (χ3v) is 5.64. The molecule has 140 valence electrons. The van der Waals surface area contributed by atoms with Crippen LogP contribution in [0.5, 0.6) is 11.5 Å². The highest BCUT2D eigenvalue weighted by atomic mass is 32.2. The molecule has 3 rings (SSSR count). The number of hydrogen-bond donors (Lipinski definition) is 1. The molecular weight excluding hydrogens is 352 g/mol. The van der Waals surface area contributed by atoms with Crippen LogP contribution in [0.15, 0.2) is 53.4 Å². The van der Waals surface area contributed by atoms with Crippen molar-refractivity contribution in [3.8, 4) is 11.5 Å². The fraction of sp³-hybridized carbons (Fsp3) is 0.368. The monoisotopic (exact) mass is 376 g/mol. The molecule has 0 bridgehead atoms. The first-order valence-corrected chi connectivity index (χ1v) is 10.5. The summed E-state index contributed by atoms with van der Waals surface area (Å²) in [6.07, 6.45) is 1.20. The molecule has 0 radical (unpaired) electrons. The molecule has 0 saturated carbocycles. The zero-order chi connectivity index (χ0) is 18.6. The van der Waals surface area contributed by atoms with Gasteiger partial charge in [-0.2, -0.15) is 0 Å². The van der Waals surface area contributed by atoms with E-state index in [1.165, 1.54) is 6.26 Å². The zero-order valence-corrected chi connectivity index (χ0v) is 15.7. The molecular formula is C19H24N2O4S. The minimum Gasteiger partial charge on any atom is -0.508 e. The standard InChI is InChI=1S/C19H24N2O4S/c1-26(23,24)19-8-6-18(7-9-19)25-15-14-20-10-12-21(13-11-20)16-2-4-17(22)5-3-16/h2-9,22H,10-15H2,1H3. The summed E-state index contributed by atoms with van der Waals surface area (Å²) in [7, 11) is -3.17. The summed E-state index contributed by atoms with van der Waals surface area (Å²) in [4.78, 5) is 4.96. The molecule has 0 aromatic heterocycles. The highest BCUT2D eigenvalue weighted by molar-refractivity contribution is 7.90. The molecule has 1 heterocycles. The minimum atomic E-state index is -3.17. The number of nitrogens with zero attached hydrogens (tertiary/aromatic N) is 2. The minimum absolute atomic E-state index is 0.286. The summed E-state index contributed by atoms with van der Waals surface area (Å²) in [5.41, 5.74) is 1.13. The van der Waals surface area contributed by atoms with Crippen LogP contribution in [0.4, 0.5) is 5.69 Å². The molecule has 0 unspecified atom stereocenters. The Labute approximate surface area is 154 Å². The van der Waals surface area contributed by atoms with Gasteiger partial charge in [-0.05, 0) is 48.5 Å². The van der Waals surface area contributed by atoms with Crippen LogP contribution in [0.25, 0.3) is 0 Å². The molecule has 0 atom stereocenters. The zero-order valence-electron chi connectivity index (χ0n) is 14.8. The maximum absolute atomic E-state index is 11.4. The van der Waals surface area contributed by atoms with Crippen molar-refractivity contribution >= 4 is 15.5 Å². The Morgan fingerprint density at radius 1 is 0.962 bits per heavy atom. The van der Waals surface area contributed by atoms with Gasteiger partial charge in [-0.1, -0.05) is 0 Å². The lowest BCUT2D eigenvalue weighted by molar-refractivity contribution is 0.200. The maximum Gasteiger partial charge on any atom is 0.175 e. The molecule has 1 aliphatic heterocycles. The number of benzene rings is 2. The fourth-order valence-corrected chi connectivity index (χ4v) is 3.60. The van der Waals surface area contributed by atoms with E-state index in [4.69, 9.17) is 4.74 Å². The van der Waals surface area contributed by atoms with E-state index >= 15 is 0 Å². The van der Waals surface area contributed by atoms with Crippen LogP contribution < -0.4 is 9.64 Å². The van der Waals surface area contributed by atoms with Gasteiger partial charge in [0, 0.05) is 44.7 Å². The number of sulfone groups is 1. The quantitative estimate of drug-likeness (QED) is 0.832. The molecule has 0 spiro atoms. The first-order chi connectivity index (χ1) is 12.4. The van der Waals surface area contributed by atoms with Gasteiger partial charge in [0.05, 0.1) is 4.90 Å². The first kappa shape index (κ1) is 18.5. The van der Waals surface area contributed by atoms with Crippen molar-refractivity contribution in [1.82, 2.24) is 4.90 Å². The van der Waals surface area contributed by atoms with Gasteiger partial charge >= 0.3 is 0 Å². The molecule has 1 fully saturated rings. The van der Waals surface area contributed by atoms with E-state index in [0.717, 1.165) is 38.4 Å². The van der Waals surface area contributed by atoms with Crippen LogP contribution in [0.1, 0.15) is 0 Å². The van der Waals surface area contributed by atoms with E-state index < -0.39 is 9.84 Å². The Balaban J connectivity index is 1.42. The second kappa shape index (κ2) is 7.97. The predicted octanol–water partition coefficient (Wildman–Crippen LogP) is 2.00. The normalized spacial score (nSPS) is 15.8. The molecule has 0 aliphatic carbocycles. The average Bonchev–Trinajstić information content (AvgIpc) is 2.63. The third kappa shape index (κ3) is 4.89. The number of aromatic hydroxyl groups is 1. The Morgan fingerprint density at radius 3 is 2.15 bits per heavy atom. The van der Waals surface area contributed by atoms with Crippen LogP contribution in [0, 0.1) is 0 Å². The van der Waals surface area contributed by atoms with E-state index in [2.05, 4.69) is 9.80 Å². The van der Waals surface area contributed by atoms with E-state index in [0.29, 0.717) is 17.3 Å². The molecule has 0 amide bonds. The van der Waals surface area contributed by atoms with E-state index in [9.17, 15) is 13.5 Å². The van der Waals surface area contributed by atoms with Crippen molar-refractivity contribution in [3.63, 3.8) is 0 Å². The van der Waals surface area contributed by atoms with E-state index in [1.54, 1.807) is 36.4 Å². The summed E-state index contributed by atoms with van der Waals surface area (Å²) in [6, 6.07) is 13.8. The topological polar surface area (TPSA) is 70.1 Å². The Kier molecular flexibility index (Phi) is 5.68. The maximum atomic E-state index is 11.4. The number of hydrogen-bond acceptors (Lipinski definition) is 6. The smallest absolute Gasteiger partial charge is 0.175 e. The fourth-order valence-electron chi connectivity index (χ4n) is 2.97. The van der Waals surface area contributed by atoms with Crippen molar-refractivity contribution in [1.29, 1.82) is 0 Å². The van der Waals surface area contributed by atoms with Crippen LogP contribution >= 0.6 is 0 Å². The molecule has 1 aliphatic rings. The summed E-state index contributed by atoms with van der Waals surface area (Å²) < 4.78 is 28.6. The second-order valence-electron chi connectivity index (χ2n) is 6.44. The lowest BCUT2D eigenvalue weighted by atomic mass is 10.2. The summed E-state index contributed by atoms with van der Waals surface area (Å²) in [5, 5.41) is 9.37. The van der Waals surface area contributed by atoms with Gasteiger partial charge < -0.3 is 14.7 Å². The molecule has 1 saturated heterocycles. The summed E-state index contributed by atoms with van der Waals surface area (Å²) in [6.45, 7) is 5.19. The number of ether oxygens (including phenoxy) is 1.